The summed E-state index contributed by atoms with van der Waals surface area (Å²) in [6, 6.07) is 1.89. The standard InChI is InChI=1S/C11H14N6O/c1-17(2)4-3-6-7-5-8-10(15-16-14-8)9(6)13-11(18)12-7/h5,14,16H,3-4H2,1-2H3,(H,12,13,18). The molecular formula is C11H14N6O. The highest BCUT2D eigenvalue weighted by atomic mass is 16.1. The van der Waals surface area contributed by atoms with Crippen molar-refractivity contribution in [1.82, 2.24) is 20.4 Å². The molecule has 7 heteroatoms. The van der Waals surface area contributed by atoms with Gasteiger partial charge in [0.05, 0.1) is 11.2 Å². The summed E-state index contributed by atoms with van der Waals surface area (Å²) in [6.07, 6.45) is 0.824. The van der Waals surface area contributed by atoms with E-state index in [1.54, 1.807) is 0 Å². The van der Waals surface area contributed by atoms with E-state index in [9.17, 15) is 4.79 Å². The van der Waals surface area contributed by atoms with Crippen molar-refractivity contribution in [3.05, 3.63) is 27.5 Å². The molecule has 0 saturated heterocycles. The van der Waals surface area contributed by atoms with Crippen LogP contribution >= 0.6 is 0 Å². The van der Waals surface area contributed by atoms with Gasteiger partial charge in [-0.25, -0.2) is 10.3 Å². The first-order valence-corrected chi connectivity index (χ1v) is 5.74. The minimum absolute atomic E-state index is 0.335. The Hall–Kier alpha value is -2.15. The number of aromatic nitrogens is 2. The van der Waals surface area contributed by atoms with Crippen LogP contribution in [-0.4, -0.2) is 35.5 Å². The Bertz CT molecular complexity index is 704. The minimum Gasteiger partial charge on any atom is -0.309 e. The molecule has 3 rings (SSSR count). The molecule has 0 radical (unpaired) electrons. The number of nitrogens with one attached hydrogen (secondary N) is 3. The third-order valence-corrected chi connectivity index (χ3v) is 3.00. The van der Waals surface area contributed by atoms with Crippen molar-refractivity contribution in [3.63, 3.8) is 0 Å². The van der Waals surface area contributed by atoms with Crippen molar-refractivity contribution in [1.29, 1.82) is 0 Å². The normalized spacial score (nSPS) is 13.3. The van der Waals surface area contributed by atoms with Crippen LogP contribution in [0.15, 0.2) is 16.0 Å². The lowest BCUT2D eigenvalue weighted by Crippen LogP contribution is -2.22. The van der Waals surface area contributed by atoms with Crippen LogP contribution in [0.3, 0.4) is 0 Å². The lowest BCUT2D eigenvalue weighted by Gasteiger charge is -2.12. The highest BCUT2D eigenvalue weighted by Crippen LogP contribution is 2.17. The summed E-state index contributed by atoms with van der Waals surface area (Å²) in [7, 11) is 4.03. The van der Waals surface area contributed by atoms with Crippen molar-refractivity contribution < 1.29 is 0 Å². The van der Waals surface area contributed by atoms with E-state index in [0.717, 1.165) is 29.7 Å². The first kappa shape index (κ1) is 11.0. The van der Waals surface area contributed by atoms with Gasteiger partial charge >= 0.3 is 5.69 Å². The molecule has 0 aliphatic carbocycles. The van der Waals surface area contributed by atoms with Crippen molar-refractivity contribution in [2.75, 3.05) is 26.1 Å². The lowest BCUT2D eigenvalue weighted by molar-refractivity contribution is 0.414. The van der Waals surface area contributed by atoms with Gasteiger partial charge in [-0.2, -0.15) is 10.1 Å². The second-order valence-corrected chi connectivity index (χ2v) is 4.59. The largest absolute Gasteiger partial charge is 0.346 e. The van der Waals surface area contributed by atoms with Crippen LogP contribution in [-0.2, 0) is 6.42 Å². The van der Waals surface area contributed by atoms with Gasteiger partial charge in [-0.3, -0.25) is 5.43 Å². The van der Waals surface area contributed by atoms with Crippen LogP contribution in [0.2, 0.25) is 0 Å². The van der Waals surface area contributed by atoms with Crippen LogP contribution in [0, 0.1) is 0 Å². The Morgan fingerprint density at radius 3 is 3.00 bits per heavy atom. The van der Waals surface area contributed by atoms with Crippen LogP contribution in [0.5, 0.6) is 0 Å². The predicted molar refractivity (Wildman–Crippen MR) is 68.1 cm³/mol. The van der Waals surface area contributed by atoms with E-state index in [-0.39, 0.29) is 5.69 Å². The van der Waals surface area contributed by atoms with E-state index in [1.807, 2.05) is 20.2 Å². The molecule has 1 aromatic carbocycles. The minimum atomic E-state index is -0.335. The monoisotopic (exact) mass is 246 g/mol. The molecule has 1 aliphatic rings. The molecule has 0 saturated carbocycles. The van der Waals surface area contributed by atoms with E-state index >= 15 is 0 Å². The maximum absolute atomic E-state index is 11.5. The highest BCUT2D eigenvalue weighted by molar-refractivity contribution is 5.76. The van der Waals surface area contributed by atoms with Crippen LogP contribution in [0.25, 0.3) is 11.0 Å². The van der Waals surface area contributed by atoms with Gasteiger partial charge in [-0.05, 0) is 26.6 Å². The van der Waals surface area contributed by atoms with Gasteiger partial charge in [0, 0.05) is 12.1 Å². The number of H-pyrrole nitrogens is 1. The number of fused-ring (bicyclic) bond motifs is 4. The molecule has 2 aromatic rings. The van der Waals surface area contributed by atoms with Gasteiger partial charge in [0.15, 0.2) is 0 Å². The first-order valence-electron chi connectivity index (χ1n) is 5.74. The van der Waals surface area contributed by atoms with Gasteiger partial charge in [-0.15, -0.1) is 0 Å². The Labute approximate surface area is 103 Å². The SMILES string of the molecule is CN(C)CCc1c2cc3c(c1nc(=O)[nH]2)=NNN3. The fourth-order valence-corrected chi connectivity index (χ4v) is 2.12. The van der Waals surface area contributed by atoms with Crippen LogP contribution in [0.1, 0.15) is 5.56 Å². The number of hydrogen-bond donors (Lipinski definition) is 3. The number of likely N-dealkylation sites (N-methyl/N-ethyl adjacent to an activating group) is 1. The molecule has 0 fully saturated rings. The summed E-state index contributed by atoms with van der Waals surface area (Å²) in [5.74, 6) is 0. The fourth-order valence-electron chi connectivity index (χ4n) is 2.12. The van der Waals surface area contributed by atoms with Crippen LogP contribution in [0.4, 0.5) is 5.69 Å². The van der Waals surface area contributed by atoms with Crippen molar-refractivity contribution >= 4 is 16.7 Å². The summed E-state index contributed by atoms with van der Waals surface area (Å²) in [5.41, 5.74) is 8.64. The van der Waals surface area contributed by atoms with E-state index in [0.29, 0.717) is 10.9 Å². The zero-order valence-electron chi connectivity index (χ0n) is 10.2. The Balaban J connectivity index is 2.22. The maximum Gasteiger partial charge on any atom is 0.346 e. The first-order chi connectivity index (χ1) is 8.65. The van der Waals surface area contributed by atoms with Crippen LogP contribution < -0.4 is 22.0 Å². The molecule has 7 nitrogen and oxygen atoms in total. The molecule has 94 valence electrons. The van der Waals surface area contributed by atoms with Crippen molar-refractivity contribution in [2.24, 2.45) is 5.10 Å². The summed E-state index contributed by atoms with van der Waals surface area (Å²) in [6.45, 7) is 0.894. The number of aromatic amines is 1. The third kappa shape index (κ3) is 1.68. The van der Waals surface area contributed by atoms with Gasteiger partial charge < -0.3 is 9.88 Å². The summed E-state index contributed by atoms with van der Waals surface area (Å²) < 4.78 is 0. The molecule has 2 heterocycles. The zero-order valence-corrected chi connectivity index (χ0v) is 10.2. The number of benzene rings is 1. The van der Waals surface area contributed by atoms with Gasteiger partial charge in [0.2, 0.25) is 0 Å². The number of nitrogens with zero attached hydrogens (tertiary/aromatic N) is 3. The summed E-state index contributed by atoms with van der Waals surface area (Å²) >= 11 is 0. The Kier molecular flexibility index (Phi) is 2.41. The number of hydrazine groups is 1. The third-order valence-electron chi connectivity index (χ3n) is 3.00. The Morgan fingerprint density at radius 1 is 1.39 bits per heavy atom. The maximum atomic E-state index is 11.5. The van der Waals surface area contributed by atoms with Crippen molar-refractivity contribution in [3.8, 4) is 0 Å². The molecule has 0 unspecified atom stereocenters. The number of hydrogen-bond acceptors (Lipinski definition) is 6. The van der Waals surface area contributed by atoms with Gasteiger partial charge in [0.25, 0.3) is 0 Å². The van der Waals surface area contributed by atoms with E-state index < -0.39 is 0 Å². The molecule has 1 aliphatic heterocycles. The van der Waals surface area contributed by atoms with E-state index in [2.05, 4.69) is 30.9 Å². The molecule has 2 bridgehead atoms. The van der Waals surface area contributed by atoms with Crippen molar-refractivity contribution in [2.45, 2.75) is 6.42 Å². The second kappa shape index (κ2) is 3.95. The number of rotatable bonds is 3. The zero-order chi connectivity index (χ0) is 12.7. The van der Waals surface area contributed by atoms with E-state index in [4.69, 9.17) is 0 Å². The topological polar surface area (TPSA) is 85.4 Å². The average molecular weight is 246 g/mol. The lowest BCUT2D eigenvalue weighted by atomic mass is 10.1. The molecule has 0 amide bonds. The predicted octanol–water partition coefficient (Wildman–Crippen LogP) is -0.789. The average Bonchev–Trinajstić information content (AvgIpc) is 2.74. The fraction of sp³-hybridized carbons (Fsp3) is 0.364. The Morgan fingerprint density at radius 2 is 2.22 bits per heavy atom. The molecule has 0 spiro atoms. The number of anilines is 1. The molecular weight excluding hydrogens is 232 g/mol. The van der Waals surface area contributed by atoms with Gasteiger partial charge in [-0.1, -0.05) is 0 Å². The molecule has 18 heavy (non-hydrogen) atoms. The van der Waals surface area contributed by atoms with Gasteiger partial charge in [0.1, 0.15) is 10.9 Å². The molecule has 0 atom stereocenters. The quantitative estimate of drug-likeness (QED) is 0.661. The summed E-state index contributed by atoms with van der Waals surface area (Å²) in [5, 5.41) is 4.83. The molecule has 1 aromatic heterocycles. The molecule has 3 N–H and O–H groups in total. The smallest absolute Gasteiger partial charge is 0.309 e. The summed E-state index contributed by atoms with van der Waals surface area (Å²) in [4.78, 5) is 20.4. The second-order valence-electron chi connectivity index (χ2n) is 4.59. The van der Waals surface area contributed by atoms with E-state index in [1.165, 1.54) is 0 Å². The highest BCUT2D eigenvalue weighted by Gasteiger charge is 2.15.